The molecule has 1 aliphatic rings. The SMILES string of the molecule is COc1cccc(NC(=O)CN(C(C)=O)C2CCCCC2)c1. The van der Waals surface area contributed by atoms with Crippen LogP contribution < -0.4 is 10.1 Å². The Bertz CT molecular complexity index is 524. The summed E-state index contributed by atoms with van der Waals surface area (Å²) in [6, 6.07) is 7.40. The van der Waals surface area contributed by atoms with Gasteiger partial charge in [-0.2, -0.15) is 0 Å². The fraction of sp³-hybridized carbons (Fsp3) is 0.529. The largest absolute Gasteiger partial charge is 0.497 e. The molecule has 1 aromatic carbocycles. The van der Waals surface area contributed by atoms with E-state index in [0.29, 0.717) is 11.4 Å². The highest BCUT2D eigenvalue weighted by Gasteiger charge is 2.25. The smallest absolute Gasteiger partial charge is 0.244 e. The number of benzene rings is 1. The standard InChI is InChI=1S/C17H24N2O3/c1-13(20)19(15-8-4-3-5-9-15)12-17(21)18-14-7-6-10-16(11-14)22-2/h6-7,10-11,15H,3-5,8-9,12H2,1-2H3,(H,18,21). The molecule has 0 saturated heterocycles. The van der Waals surface area contributed by atoms with Crippen LogP contribution in [-0.2, 0) is 9.59 Å². The summed E-state index contributed by atoms with van der Waals surface area (Å²) in [5.74, 6) is 0.482. The van der Waals surface area contributed by atoms with E-state index < -0.39 is 0 Å². The van der Waals surface area contributed by atoms with Crippen LogP contribution in [0.1, 0.15) is 39.0 Å². The molecular formula is C17H24N2O3. The van der Waals surface area contributed by atoms with Crippen LogP contribution in [0.25, 0.3) is 0 Å². The van der Waals surface area contributed by atoms with Crippen LogP contribution in [0.5, 0.6) is 5.75 Å². The lowest BCUT2D eigenvalue weighted by Gasteiger charge is -2.33. The predicted octanol–water partition coefficient (Wildman–Crippen LogP) is 2.81. The van der Waals surface area contributed by atoms with Crippen LogP contribution in [0, 0.1) is 0 Å². The van der Waals surface area contributed by atoms with Crippen molar-refractivity contribution in [2.45, 2.75) is 45.1 Å². The highest BCUT2D eigenvalue weighted by Crippen LogP contribution is 2.23. The zero-order valence-corrected chi connectivity index (χ0v) is 13.3. The second-order valence-electron chi connectivity index (χ2n) is 5.72. The molecule has 1 aromatic rings. The summed E-state index contributed by atoms with van der Waals surface area (Å²) in [5.41, 5.74) is 0.677. The predicted molar refractivity (Wildman–Crippen MR) is 85.9 cm³/mol. The molecule has 5 heteroatoms. The summed E-state index contributed by atoms with van der Waals surface area (Å²) in [6.45, 7) is 1.64. The number of anilines is 1. The number of carbonyl (C=O) groups is 2. The van der Waals surface area contributed by atoms with Gasteiger partial charge in [0.15, 0.2) is 0 Å². The molecule has 0 aliphatic heterocycles. The lowest BCUT2D eigenvalue weighted by Crippen LogP contribution is -2.44. The van der Waals surface area contributed by atoms with Gasteiger partial charge in [-0.3, -0.25) is 9.59 Å². The Balaban J connectivity index is 1.96. The lowest BCUT2D eigenvalue weighted by molar-refractivity contribution is -0.135. The zero-order valence-electron chi connectivity index (χ0n) is 13.3. The molecule has 0 radical (unpaired) electrons. The van der Waals surface area contributed by atoms with E-state index in [2.05, 4.69) is 5.32 Å². The quantitative estimate of drug-likeness (QED) is 0.910. The first-order valence-corrected chi connectivity index (χ1v) is 7.81. The Morgan fingerprint density at radius 1 is 1.27 bits per heavy atom. The van der Waals surface area contributed by atoms with Gasteiger partial charge in [0, 0.05) is 24.7 Å². The van der Waals surface area contributed by atoms with Crippen molar-refractivity contribution in [2.75, 3.05) is 19.0 Å². The number of methoxy groups -OCH3 is 1. The highest BCUT2D eigenvalue weighted by atomic mass is 16.5. The third-order valence-corrected chi connectivity index (χ3v) is 4.09. The van der Waals surface area contributed by atoms with E-state index in [1.165, 1.54) is 13.3 Å². The van der Waals surface area contributed by atoms with E-state index >= 15 is 0 Å². The average molecular weight is 304 g/mol. The first kappa shape index (κ1) is 16.3. The highest BCUT2D eigenvalue weighted by molar-refractivity contribution is 5.94. The van der Waals surface area contributed by atoms with Crippen molar-refractivity contribution < 1.29 is 14.3 Å². The topological polar surface area (TPSA) is 58.6 Å². The van der Waals surface area contributed by atoms with Gasteiger partial charge < -0.3 is 15.0 Å². The fourth-order valence-corrected chi connectivity index (χ4v) is 2.95. The molecule has 0 bridgehead atoms. The Hall–Kier alpha value is -2.04. The van der Waals surface area contributed by atoms with Crippen molar-refractivity contribution in [1.82, 2.24) is 4.90 Å². The fourth-order valence-electron chi connectivity index (χ4n) is 2.95. The summed E-state index contributed by atoms with van der Waals surface area (Å²) in [7, 11) is 1.58. The number of carbonyl (C=O) groups excluding carboxylic acids is 2. The Kier molecular flexibility index (Phi) is 5.81. The van der Waals surface area contributed by atoms with E-state index in [1.54, 1.807) is 24.1 Å². The minimum Gasteiger partial charge on any atom is -0.497 e. The van der Waals surface area contributed by atoms with Gasteiger partial charge in [0.2, 0.25) is 11.8 Å². The molecule has 120 valence electrons. The van der Waals surface area contributed by atoms with Crippen molar-refractivity contribution in [2.24, 2.45) is 0 Å². The van der Waals surface area contributed by atoms with E-state index in [4.69, 9.17) is 4.74 Å². The van der Waals surface area contributed by atoms with Gasteiger partial charge in [-0.15, -0.1) is 0 Å². The first-order chi connectivity index (χ1) is 10.6. The van der Waals surface area contributed by atoms with Crippen LogP contribution in [0.4, 0.5) is 5.69 Å². The molecule has 0 heterocycles. The van der Waals surface area contributed by atoms with E-state index in [0.717, 1.165) is 25.7 Å². The summed E-state index contributed by atoms with van der Waals surface area (Å²) in [6.07, 6.45) is 5.47. The number of rotatable bonds is 5. The van der Waals surface area contributed by atoms with Gasteiger partial charge in [0.05, 0.1) is 7.11 Å². The van der Waals surface area contributed by atoms with Crippen LogP contribution in [-0.4, -0.2) is 36.4 Å². The second-order valence-corrected chi connectivity index (χ2v) is 5.72. The monoisotopic (exact) mass is 304 g/mol. The Morgan fingerprint density at radius 3 is 2.64 bits per heavy atom. The summed E-state index contributed by atoms with van der Waals surface area (Å²) < 4.78 is 5.14. The minimum atomic E-state index is -0.172. The lowest BCUT2D eigenvalue weighted by atomic mass is 9.94. The van der Waals surface area contributed by atoms with Gasteiger partial charge in [-0.1, -0.05) is 25.3 Å². The number of ether oxygens (including phenoxy) is 1. The molecule has 1 aliphatic carbocycles. The second kappa shape index (κ2) is 7.82. The Labute approximate surface area is 131 Å². The van der Waals surface area contributed by atoms with E-state index in [-0.39, 0.29) is 24.4 Å². The maximum absolute atomic E-state index is 12.2. The normalized spacial score (nSPS) is 15.2. The number of hydrogen-bond donors (Lipinski definition) is 1. The van der Waals surface area contributed by atoms with E-state index in [1.807, 2.05) is 12.1 Å². The van der Waals surface area contributed by atoms with Gasteiger partial charge in [-0.05, 0) is 25.0 Å². The van der Waals surface area contributed by atoms with Crippen LogP contribution in [0.2, 0.25) is 0 Å². The molecular weight excluding hydrogens is 280 g/mol. The van der Waals surface area contributed by atoms with Crippen molar-refractivity contribution in [3.63, 3.8) is 0 Å². The number of amides is 2. The number of nitrogens with zero attached hydrogens (tertiary/aromatic N) is 1. The maximum Gasteiger partial charge on any atom is 0.244 e. The van der Waals surface area contributed by atoms with Gasteiger partial charge >= 0.3 is 0 Å². The Morgan fingerprint density at radius 2 is 2.00 bits per heavy atom. The van der Waals surface area contributed by atoms with Gasteiger partial charge in [0.25, 0.3) is 0 Å². The molecule has 0 atom stereocenters. The molecule has 0 spiro atoms. The number of hydrogen-bond acceptors (Lipinski definition) is 3. The third kappa shape index (κ3) is 4.48. The zero-order chi connectivity index (χ0) is 15.9. The van der Waals surface area contributed by atoms with Gasteiger partial charge in [-0.25, -0.2) is 0 Å². The molecule has 5 nitrogen and oxygen atoms in total. The molecule has 2 amide bonds. The third-order valence-electron chi connectivity index (χ3n) is 4.09. The van der Waals surface area contributed by atoms with Crippen molar-refractivity contribution in [3.8, 4) is 5.75 Å². The molecule has 0 aromatic heterocycles. The van der Waals surface area contributed by atoms with Crippen molar-refractivity contribution in [1.29, 1.82) is 0 Å². The van der Waals surface area contributed by atoms with Crippen molar-refractivity contribution >= 4 is 17.5 Å². The number of nitrogens with one attached hydrogen (secondary N) is 1. The average Bonchev–Trinajstić information content (AvgIpc) is 2.53. The molecule has 0 unspecified atom stereocenters. The molecule has 1 fully saturated rings. The summed E-state index contributed by atoms with van der Waals surface area (Å²) in [5, 5.41) is 2.83. The van der Waals surface area contributed by atoms with Crippen LogP contribution >= 0.6 is 0 Å². The summed E-state index contributed by atoms with van der Waals surface area (Å²) in [4.78, 5) is 25.8. The van der Waals surface area contributed by atoms with Gasteiger partial charge in [0.1, 0.15) is 12.3 Å². The van der Waals surface area contributed by atoms with Crippen LogP contribution in [0.15, 0.2) is 24.3 Å². The summed E-state index contributed by atoms with van der Waals surface area (Å²) >= 11 is 0. The van der Waals surface area contributed by atoms with Crippen molar-refractivity contribution in [3.05, 3.63) is 24.3 Å². The molecule has 1 N–H and O–H groups in total. The maximum atomic E-state index is 12.2. The van der Waals surface area contributed by atoms with E-state index in [9.17, 15) is 9.59 Å². The van der Waals surface area contributed by atoms with Crippen LogP contribution in [0.3, 0.4) is 0 Å². The molecule has 22 heavy (non-hydrogen) atoms. The first-order valence-electron chi connectivity index (χ1n) is 7.81. The minimum absolute atomic E-state index is 0.0345. The molecule has 1 saturated carbocycles. The molecule has 2 rings (SSSR count).